The van der Waals surface area contributed by atoms with Crippen LogP contribution in [0.3, 0.4) is 0 Å². The molecule has 6 rings (SSSR count). The molecule has 194 valence electrons. The van der Waals surface area contributed by atoms with Crippen molar-refractivity contribution in [1.29, 1.82) is 0 Å². The molecule has 0 spiro atoms. The maximum absolute atomic E-state index is 14.0. The summed E-state index contributed by atoms with van der Waals surface area (Å²) in [6, 6.07) is 22.3. The Morgan fingerprint density at radius 3 is 2.56 bits per heavy atom. The van der Waals surface area contributed by atoms with Crippen LogP contribution in [0.4, 0.5) is 18.9 Å². The number of amides is 1. The molecule has 0 bridgehead atoms. The number of nitrogens with zero attached hydrogens (tertiary/aromatic N) is 5. The van der Waals surface area contributed by atoms with Gasteiger partial charge in [-0.3, -0.25) is 9.48 Å². The first kappa shape index (κ1) is 24.6. The van der Waals surface area contributed by atoms with Crippen LogP contribution >= 0.6 is 11.6 Å². The molecule has 0 unspecified atom stereocenters. The van der Waals surface area contributed by atoms with Crippen molar-refractivity contribution in [3.05, 3.63) is 113 Å². The van der Waals surface area contributed by atoms with Crippen LogP contribution < -0.4 is 5.32 Å². The van der Waals surface area contributed by atoms with Crippen molar-refractivity contribution in [1.82, 2.24) is 24.4 Å². The zero-order chi connectivity index (χ0) is 27.1. The Hall–Kier alpha value is -4.70. The number of carbonyl (C=O) groups excluding carboxylic acids is 1. The molecule has 0 saturated carbocycles. The van der Waals surface area contributed by atoms with Gasteiger partial charge in [-0.2, -0.15) is 23.4 Å². The molecule has 1 N–H and O–H groups in total. The summed E-state index contributed by atoms with van der Waals surface area (Å²) in [4.78, 5) is 17.3. The van der Waals surface area contributed by atoms with Crippen LogP contribution in [0.5, 0.6) is 0 Å². The van der Waals surface area contributed by atoms with Crippen molar-refractivity contribution in [3.8, 4) is 11.3 Å². The fourth-order valence-electron chi connectivity index (χ4n) is 4.32. The van der Waals surface area contributed by atoms with Crippen molar-refractivity contribution < 1.29 is 18.0 Å². The Morgan fingerprint density at radius 1 is 0.949 bits per heavy atom. The van der Waals surface area contributed by atoms with E-state index in [0.717, 1.165) is 22.4 Å². The van der Waals surface area contributed by atoms with Crippen molar-refractivity contribution >= 4 is 39.6 Å². The second kappa shape index (κ2) is 9.55. The lowest BCUT2D eigenvalue weighted by molar-refractivity contribution is -0.142. The summed E-state index contributed by atoms with van der Waals surface area (Å²) in [5.74, 6) is -0.691. The number of benzene rings is 3. The predicted molar refractivity (Wildman–Crippen MR) is 142 cm³/mol. The number of rotatable bonds is 5. The van der Waals surface area contributed by atoms with Gasteiger partial charge >= 0.3 is 6.18 Å². The van der Waals surface area contributed by atoms with Gasteiger partial charge in [0.2, 0.25) is 0 Å². The largest absolute Gasteiger partial charge is 0.433 e. The number of aromatic nitrogens is 5. The molecule has 1 amide bonds. The van der Waals surface area contributed by atoms with Crippen molar-refractivity contribution in [2.24, 2.45) is 0 Å². The summed E-state index contributed by atoms with van der Waals surface area (Å²) in [6.07, 6.45) is -1.69. The normalized spacial score (nSPS) is 11.8. The van der Waals surface area contributed by atoms with Crippen LogP contribution in [0.2, 0.25) is 5.02 Å². The van der Waals surface area contributed by atoms with Gasteiger partial charge in [0.05, 0.1) is 24.1 Å². The molecule has 0 aliphatic heterocycles. The van der Waals surface area contributed by atoms with Crippen molar-refractivity contribution in [2.45, 2.75) is 12.7 Å². The zero-order valence-corrected chi connectivity index (χ0v) is 20.8. The van der Waals surface area contributed by atoms with E-state index in [1.54, 1.807) is 35.1 Å². The van der Waals surface area contributed by atoms with Gasteiger partial charge in [0.25, 0.3) is 5.91 Å². The van der Waals surface area contributed by atoms with Crippen LogP contribution in [0.15, 0.2) is 91.3 Å². The highest BCUT2D eigenvalue weighted by Gasteiger charge is 2.35. The van der Waals surface area contributed by atoms with Gasteiger partial charge in [-0.15, -0.1) is 0 Å². The molecule has 3 aromatic carbocycles. The highest BCUT2D eigenvalue weighted by atomic mass is 35.5. The molecule has 6 aromatic rings. The van der Waals surface area contributed by atoms with Gasteiger partial charge in [0, 0.05) is 22.8 Å². The van der Waals surface area contributed by atoms with E-state index in [0.29, 0.717) is 27.3 Å². The van der Waals surface area contributed by atoms with Gasteiger partial charge < -0.3 is 5.32 Å². The third-order valence-electron chi connectivity index (χ3n) is 6.12. The van der Waals surface area contributed by atoms with E-state index >= 15 is 0 Å². The molecule has 11 heteroatoms. The number of hydrogen-bond acceptors (Lipinski definition) is 4. The monoisotopic (exact) mass is 546 g/mol. The van der Waals surface area contributed by atoms with Crippen LogP contribution in [-0.2, 0) is 12.7 Å². The quantitative estimate of drug-likeness (QED) is 0.260. The minimum absolute atomic E-state index is 0.102. The molecule has 7 nitrogen and oxygen atoms in total. The summed E-state index contributed by atoms with van der Waals surface area (Å²) in [5, 5.41) is 13.2. The molecule has 39 heavy (non-hydrogen) atoms. The van der Waals surface area contributed by atoms with E-state index in [2.05, 4.69) is 20.5 Å². The van der Waals surface area contributed by atoms with E-state index in [1.807, 2.05) is 42.5 Å². The Bertz CT molecular complexity index is 1860. The lowest BCUT2D eigenvalue weighted by Gasteiger charge is -2.11. The Labute approximate surface area is 224 Å². The third-order valence-corrected chi connectivity index (χ3v) is 6.36. The molecule has 0 fully saturated rings. The lowest BCUT2D eigenvalue weighted by Crippen LogP contribution is -2.15. The number of hydrogen-bond donors (Lipinski definition) is 1. The zero-order valence-electron chi connectivity index (χ0n) is 20.0. The standard InChI is InChI=1S/C28H18ClF3N6O/c29-21-7-3-4-17(10-21)15-37-16-22(14-33-37)34-27(39)24-13-26-35-23(12-25(28(30,31)32)38(26)36-24)20-9-8-18-5-1-2-6-19(18)11-20/h1-14,16H,15H2,(H,34,39). The van der Waals surface area contributed by atoms with E-state index in [-0.39, 0.29) is 17.0 Å². The molecule has 0 radical (unpaired) electrons. The Morgan fingerprint density at radius 2 is 1.77 bits per heavy atom. The van der Waals surface area contributed by atoms with Gasteiger partial charge in [0.1, 0.15) is 0 Å². The van der Waals surface area contributed by atoms with Crippen molar-refractivity contribution in [3.63, 3.8) is 0 Å². The van der Waals surface area contributed by atoms with Crippen LogP contribution in [0.25, 0.3) is 27.7 Å². The molecular formula is C28H18ClF3N6O. The second-order valence-electron chi connectivity index (χ2n) is 8.90. The van der Waals surface area contributed by atoms with E-state index in [4.69, 9.17) is 11.6 Å². The first-order chi connectivity index (χ1) is 18.7. The first-order valence-corrected chi connectivity index (χ1v) is 12.2. The number of halogens is 4. The van der Waals surface area contributed by atoms with Crippen molar-refractivity contribution in [2.75, 3.05) is 5.32 Å². The number of carbonyl (C=O) groups is 1. The summed E-state index contributed by atoms with van der Waals surface area (Å²) in [6.45, 7) is 0.418. The van der Waals surface area contributed by atoms with Crippen LogP contribution in [0, 0.1) is 0 Å². The highest BCUT2D eigenvalue weighted by molar-refractivity contribution is 6.30. The second-order valence-corrected chi connectivity index (χ2v) is 9.33. The van der Waals surface area contributed by atoms with Gasteiger partial charge in [0.15, 0.2) is 17.0 Å². The SMILES string of the molecule is O=C(Nc1cnn(Cc2cccc(Cl)c2)c1)c1cc2nc(-c3ccc4ccccc4c3)cc(C(F)(F)F)n2n1. The topological polar surface area (TPSA) is 77.1 Å². The average Bonchev–Trinajstić information content (AvgIpc) is 3.54. The van der Waals surface area contributed by atoms with Gasteiger partial charge in [-0.25, -0.2) is 9.50 Å². The number of fused-ring (bicyclic) bond motifs is 2. The lowest BCUT2D eigenvalue weighted by atomic mass is 10.0. The molecular weight excluding hydrogens is 529 g/mol. The van der Waals surface area contributed by atoms with Gasteiger partial charge in [-0.05, 0) is 40.6 Å². The summed E-state index contributed by atoms with van der Waals surface area (Å²) in [7, 11) is 0. The van der Waals surface area contributed by atoms with E-state index < -0.39 is 17.8 Å². The maximum atomic E-state index is 14.0. The van der Waals surface area contributed by atoms with Crippen LogP contribution in [-0.4, -0.2) is 30.3 Å². The van der Waals surface area contributed by atoms with E-state index in [9.17, 15) is 18.0 Å². The Balaban J connectivity index is 1.30. The summed E-state index contributed by atoms with van der Waals surface area (Å²) in [5.41, 5.74) is 0.553. The molecule has 0 saturated heterocycles. The molecule has 3 heterocycles. The molecule has 0 atom stereocenters. The fourth-order valence-corrected chi connectivity index (χ4v) is 4.53. The van der Waals surface area contributed by atoms with E-state index in [1.165, 1.54) is 12.3 Å². The summed E-state index contributed by atoms with van der Waals surface area (Å²) >= 11 is 6.02. The Kier molecular flexibility index (Phi) is 6.03. The van der Waals surface area contributed by atoms with Gasteiger partial charge in [-0.1, -0.05) is 60.1 Å². The molecule has 3 aromatic heterocycles. The first-order valence-electron chi connectivity index (χ1n) is 11.8. The number of alkyl halides is 3. The predicted octanol–water partition coefficient (Wildman–Crippen LogP) is 6.72. The fraction of sp³-hybridized carbons (Fsp3) is 0.0714. The highest BCUT2D eigenvalue weighted by Crippen LogP contribution is 2.33. The van der Waals surface area contributed by atoms with Crippen LogP contribution in [0.1, 0.15) is 21.7 Å². The minimum atomic E-state index is -4.73. The smallest absolute Gasteiger partial charge is 0.318 e. The summed E-state index contributed by atoms with van der Waals surface area (Å²) < 4.78 is 44.3. The average molecular weight is 547 g/mol. The molecule has 0 aliphatic rings. The maximum Gasteiger partial charge on any atom is 0.433 e. The third kappa shape index (κ3) is 5.06. The number of nitrogens with one attached hydrogen (secondary N) is 1. The molecule has 0 aliphatic carbocycles. The minimum Gasteiger partial charge on any atom is -0.318 e. The number of anilines is 1.